The van der Waals surface area contributed by atoms with Crippen molar-refractivity contribution in [2.75, 3.05) is 34.0 Å². The van der Waals surface area contributed by atoms with E-state index in [-0.39, 0.29) is 18.2 Å². The summed E-state index contributed by atoms with van der Waals surface area (Å²) in [7, 11) is 2.87. The predicted molar refractivity (Wildman–Crippen MR) is 99.2 cm³/mol. The Hall–Kier alpha value is -3.42. The molecule has 28 heavy (non-hydrogen) atoms. The Kier molecular flexibility index (Phi) is 6.21. The molecule has 3 rings (SSSR count). The number of fused-ring (bicyclic) bond motifs is 1. The van der Waals surface area contributed by atoms with Gasteiger partial charge in [-0.3, -0.25) is 4.79 Å². The van der Waals surface area contributed by atoms with Crippen LogP contribution < -0.4 is 24.3 Å². The lowest BCUT2D eigenvalue weighted by molar-refractivity contribution is -0.124. The number of carbonyl (C=O) groups excluding carboxylic acids is 2. The van der Waals surface area contributed by atoms with Crippen molar-refractivity contribution in [1.29, 1.82) is 0 Å². The van der Waals surface area contributed by atoms with E-state index in [0.717, 1.165) is 0 Å². The predicted octanol–water partition coefficient (Wildman–Crippen LogP) is 1.82. The van der Waals surface area contributed by atoms with Crippen LogP contribution in [0.1, 0.15) is 10.4 Å². The number of para-hydroxylation sites is 2. The Bertz CT molecular complexity index is 830. The molecule has 0 aliphatic carbocycles. The maximum Gasteiger partial charge on any atom is 0.346 e. The molecule has 2 aromatic rings. The molecule has 0 saturated carbocycles. The molecule has 0 fully saturated rings. The third-order valence-electron chi connectivity index (χ3n) is 4.06. The number of hydrogen-bond acceptors (Lipinski definition) is 7. The summed E-state index contributed by atoms with van der Waals surface area (Å²) < 4.78 is 26.8. The van der Waals surface area contributed by atoms with Gasteiger partial charge >= 0.3 is 5.97 Å². The SMILES string of the molecule is COc1cccc(OC)c1C(=O)OCC(=O)NCC1COc2ccccc2O1. The van der Waals surface area contributed by atoms with Crippen molar-refractivity contribution in [3.05, 3.63) is 48.0 Å². The molecule has 0 spiro atoms. The number of esters is 1. The van der Waals surface area contributed by atoms with Gasteiger partial charge in [0.2, 0.25) is 0 Å². The normalized spacial score (nSPS) is 14.7. The molecule has 0 radical (unpaired) electrons. The molecule has 8 nitrogen and oxygen atoms in total. The molecule has 0 bridgehead atoms. The van der Waals surface area contributed by atoms with Gasteiger partial charge in [0.1, 0.15) is 29.8 Å². The number of amides is 1. The summed E-state index contributed by atoms with van der Waals surface area (Å²) in [5, 5.41) is 2.66. The van der Waals surface area contributed by atoms with E-state index in [1.165, 1.54) is 14.2 Å². The standard InChI is InChI=1S/C20H21NO7/c1-24-16-8-5-9-17(25-2)19(16)20(23)27-12-18(22)21-10-13-11-26-14-6-3-4-7-15(14)28-13/h3-9,13H,10-12H2,1-2H3,(H,21,22). The molecule has 1 aliphatic heterocycles. The largest absolute Gasteiger partial charge is 0.496 e. The van der Waals surface area contributed by atoms with E-state index in [2.05, 4.69) is 5.32 Å². The van der Waals surface area contributed by atoms with E-state index < -0.39 is 18.5 Å². The van der Waals surface area contributed by atoms with Crippen LogP contribution in [0, 0.1) is 0 Å². The van der Waals surface area contributed by atoms with Gasteiger partial charge in [-0.2, -0.15) is 0 Å². The lowest BCUT2D eigenvalue weighted by Gasteiger charge is -2.26. The van der Waals surface area contributed by atoms with Gasteiger partial charge in [0.05, 0.1) is 20.8 Å². The molecule has 0 aromatic heterocycles. The quantitative estimate of drug-likeness (QED) is 0.725. The molecule has 2 aromatic carbocycles. The van der Waals surface area contributed by atoms with Crippen LogP contribution in [0.3, 0.4) is 0 Å². The smallest absolute Gasteiger partial charge is 0.346 e. The Morgan fingerprint density at radius 2 is 1.71 bits per heavy atom. The summed E-state index contributed by atoms with van der Waals surface area (Å²) in [6, 6.07) is 12.2. The van der Waals surface area contributed by atoms with E-state index >= 15 is 0 Å². The van der Waals surface area contributed by atoms with Crippen molar-refractivity contribution in [1.82, 2.24) is 5.32 Å². The Morgan fingerprint density at radius 3 is 2.39 bits per heavy atom. The first kappa shape index (κ1) is 19.3. The molecular formula is C20H21NO7. The Morgan fingerprint density at radius 1 is 1.04 bits per heavy atom. The monoisotopic (exact) mass is 387 g/mol. The number of nitrogens with one attached hydrogen (secondary N) is 1. The zero-order chi connectivity index (χ0) is 19.9. The second kappa shape index (κ2) is 8.98. The average Bonchev–Trinajstić information content (AvgIpc) is 2.75. The zero-order valence-electron chi connectivity index (χ0n) is 15.6. The highest BCUT2D eigenvalue weighted by atomic mass is 16.6. The van der Waals surface area contributed by atoms with Crippen molar-refractivity contribution in [2.24, 2.45) is 0 Å². The topological polar surface area (TPSA) is 92.3 Å². The van der Waals surface area contributed by atoms with Gasteiger partial charge in [0.25, 0.3) is 5.91 Å². The van der Waals surface area contributed by atoms with Crippen molar-refractivity contribution >= 4 is 11.9 Å². The van der Waals surface area contributed by atoms with Crippen molar-refractivity contribution in [3.63, 3.8) is 0 Å². The van der Waals surface area contributed by atoms with E-state index in [9.17, 15) is 9.59 Å². The first-order valence-electron chi connectivity index (χ1n) is 8.65. The second-order valence-corrected chi connectivity index (χ2v) is 5.92. The number of hydrogen-bond donors (Lipinski definition) is 1. The van der Waals surface area contributed by atoms with Crippen LogP contribution in [-0.2, 0) is 9.53 Å². The Labute approximate surface area is 162 Å². The van der Waals surface area contributed by atoms with Crippen LogP contribution in [0.25, 0.3) is 0 Å². The minimum atomic E-state index is -0.712. The van der Waals surface area contributed by atoms with Gasteiger partial charge in [-0.25, -0.2) is 4.79 Å². The van der Waals surface area contributed by atoms with Crippen molar-refractivity contribution in [3.8, 4) is 23.0 Å². The lowest BCUT2D eigenvalue weighted by atomic mass is 10.2. The fraction of sp³-hybridized carbons (Fsp3) is 0.300. The first-order chi connectivity index (χ1) is 13.6. The van der Waals surface area contributed by atoms with Crippen molar-refractivity contribution in [2.45, 2.75) is 6.10 Å². The third-order valence-corrected chi connectivity index (χ3v) is 4.06. The summed E-state index contributed by atoms with van der Waals surface area (Å²) >= 11 is 0. The summed E-state index contributed by atoms with van der Waals surface area (Å²) in [6.45, 7) is 0.0996. The summed E-state index contributed by atoms with van der Waals surface area (Å²) in [6.07, 6.45) is -0.330. The van der Waals surface area contributed by atoms with Crippen LogP contribution in [0.15, 0.2) is 42.5 Å². The average molecular weight is 387 g/mol. The molecule has 1 atom stereocenters. The number of benzene rings is 2. The van der Waals surface area contributed by atoms with E-state index in [4.69, 9.17) is 23.7 Å². The first-order valence-corrected chi connectivity index (χ1v) is 8.65. The minimum Gasteiger partial charge on any atom is -0.496 e. The van der Waals surface area contributed by atoms with Crippen molar-refractivity contribution < 1.29 is 33.3 Å². The molecular weight excluding hydrogens is 366 g/mol. The molecule has 148 valence electrons. The summed E-state index contributed by atoms with van der Waals surface area (Å²) in [5.74, 6) is 0.736. The highest BCUT2D eigenvalue weighted by molar-refractivity contribution is 5.96. The van der Waals surface area contributed by atoms with E-state index in [1.54, 1.807) is 24.3 Å². The van der Waals surface area contributed by atoms with E-state index in [1.807, 2.05) is 18.2 Å². The highest BCUT2D eigenvalue weighted by Gasteiger charge is 2.23. The van der Waals surface area contributed by atoms with Crippen LogP contribution in [0.2, 0.25) is 0 Å². The fourth-order valence-corrected chi connectivity index (χ4v) is 2.70. The zero-order valence-corrected chi connectivity index (χ0v) is 15.6. The third kappa shape index (κ3) is 4.46. The molecule has 1 amide bonds. The maximum absolute atomic E-state index is 12.3. The Balaban J connectivity index is 1.49. The summed E-state index contributed by atoms with van der Waals surface area (Å²) in [5.41, 5.74) is 0.126. The number of carbonyl (C=O) groups is 2. The molecule has 1 N–H and O–H groups in total. The summed E-state index contributed by atoms with van der Waals surface area (Å²) in [4.78, 5) is 24.4. The molecule has 8 heteroatoms. The van der Waals surface area contributed by atoms with Gasteiger partial charge in [0.15, 0.2) is 18.1 Å². The van der Waals surface area contributed by atoms with Crippen LogP contribution in [-0.4, -0.2) is 52.0 Å². The number of methoxy groups -OCH3 is 2. The van der Waals surface area contributed by atoms with Gasteiger partial charge in [-0.15, -0.1) is 0 Å². The second-order valence-electron chi connectivity index (χ2n) is 5.92. The van der Waals surface area contributed by atoms with E-state index in [0.29, 0.717) is 29.6 Å². The minimum absolute atomic E-state index is 0.126. The van der Waals surface area contributed by atoms with Gasteiger partial charge in [0, 0.05) is 0 Å². The number of ether oxygens (including phenoxy) is 5. The molecule has 1 aliphatic rings. The van der Waals surface area contributed by atoms with Gasteiger partial charge < -0.3 is 29.0 Å². The van der Waals surface area contributed by atoms with Crippen LogP contribution >= 0.6 is 0 Å². The van der Waals surface area contributed by atoms with Crippen LogP contribution in [0.4, 0.5) is 0 Å². The highest BCUT2D eigenvalue weighted by Crippen LogP contribution is 2.31. The molecule has 1 heterocycles. The van der Waals surface area contributed by atoms with Crippen LogP contribution in [0.5, 0.6) is 23.0 Å². The molecule has 0 saturated heterocycles. The maximum atomic E-state index is 12.3. The lowest BCUT2D eigenvalue weighted by Crippen LogP contribution is -2.42. The fourth-order valence-electron chi connectivity index (χ4n) is 2.70. The molecule has 1 unspecified atom stereocenters. The van der Waals surface area contributed by atoms with Gasteiger partial charge in [-0.1, -0.05) is 18.2 Å². The van der Waals surface area contributed by atoms with Gasteiger partial charge in [-0.05, 0) is 24.3 Å². The number of rotatable bonds is 7.